The minimum atomic E-state index is -0.474. The van der Waals surface area contributed by atoms with Crippen LogP contribution in [0.3, 0.4) is 0 Å². The number of nitrogens with zero attached hydrogens (tertiary/aromatic N) is 3. The normalized spacial score (nSPS) is 23.3. The van der Waals surface area contributed by atoms with Gasteiger partial charge in [0.15, 0.2) is 0 Å². The molecule has 2 atom stereocenters. The Bertz CT molecular complexity index is 615. The topological polar surface area (TPSA) is 80.9 Å². The number of anilines is 2. The second kappa shape index (κ2) is 6.03. The molecule has 2 N–H and O–H groups in total. The summed E-state index contributed by atoms with van der Waals surface area (Å²) < 4.78 is 11.0. The molecule has 2 fully saturated rings. The van der Waals surface area contributed by atoms with Gasteiger partial charge < -0.3 is 20.1 Å². The molecule has 0 aromatic carbocycles. The summed E-state index contributed by atoms with van der Waals surface area (Å²) >= 11 is 0. The minimum absolute atomic E-state index is 0.154. The summed E-state index contributed by atoms with van der Waals surface area (Å²) in [5.41, 5.74) is 6.19. The predicted octanol–water partition coefficient (Wildman–Crippen LogP) is 2.26. The van der Waals surface area contributed by atoms with E-state index in [1.165, 1.54) is 0 Å². The maximum atomic E-state index is 12.5. The molecule has 0 aliphatic carbocycles. The first-order chi connectivity index (χ1) is 11.3. The number of methoxy groups -OCH3 is 1. The van der Waals surface area contributed by atoms with Crippen LogP contribution in [0.2, 0.25) is 0 Å². The molecule has 1 aromatic rings. The molecule has 7 nitrogen and oxygen atoms in total. The van der Waals surface area contributed by atoms with E-state index in [4.69, 9.17) is 15.2 Å². The minimum Gasteiger partial charge on any atom is -0.494 e. The number of ether oxygens (including phenoxy) is 2. The zero-order valence-corrected chi connectivity index (χ0v) is 14.8. The van der Waals surface area contributed by atoms with Gasteiger partial charge in [-0.1, -0.05) is 0 Å². The van der Waals surface area contributed by atoms with Gasteiger partial charge in [0.25, 0.3) is 0 Å². The number of hydrogen-bond donors (Lipinski definition) is 1. The van der Waals surface area contributed by atoms with Gasteiger partial charge >= 0.3 is 6.09 Å². The molecule has 3 rings (SSSR count). The fraction of sp³-hybridized carbons (Fsp3) is 0.647. The standard InChI is InChI=1S/C17H26N4O3/c1-17(2,3)24-16(22)21-11-5-6-12(21)10-20(9-11)13-8-19-15(18)7-14(13)23-4/h7-8,11-12H,5-6,9-10H2,1-4H3,(H2,18,19). The zero-order chi connectivity index (χ0) is 17.5. The summed E-state index contributed by atoms with van der Waals surface area (Å²) in [6.07, 6.45) is 3.52. The monoisotopic (exact) mass is 334 g/mol. The Morgan fingerprint density at radius 2 is 1.92 bits per heavy atom. The number of carbonyl (C=O) groups is 1. The number of aromatic nitrogens is 1. The highest BCUT2D eigenvalue weighted by molar-refractivity contribution is 5.71. The summed E-state index contributed by atoms with van der Waals surface area (Å²) in [5.74, 6) is 1.15. The molecule has 2 aliphatic heterocycles. The van der Waals surface area contributed by atoms with Crippen molar-refractivity contribution in [2.24, 2.45) is 0 Å². The lowest BCUT2D eigenvalue weighted by Gasteiger charge is -2.42. The Morgan fingerprint density at radius 3 is 2.46 bits per heavy atom. The fourth-order valence-corrected chi connectivity index (χ4v) is 3.56. The van der Waals surface area contributed by atoms with Gasteiger partial charge in [0.2, 0.25) is 0 Å². The van der Waals surface area contributed by atoms with Crippen LogP contribution < -0.4 is 15.4 Å². The van der Waals surface area contributed by atoms with Crippen molar-refractivity contribution in [1.29, 1.82) is 0 Å². The van der Waals surface area contributed by atoms with Crippen molar-refractivity contribution >= 4 is 17.6 Å². The van der Waals surface area contributed by atoms with Gasteiger partial charge in [-0.05, 0) is 33.6 Å². The van der Waals surface area contributed by atoms with Gasteiger partial charge in [-0.3, -0.25) is 4.90 Å². The lowest BCUT2D eigenvalue weighted by molar-refractivity contribution is 0.0123. The summed E-state index contributed by atoms with van der Waals surface area (Å²) in [6, 6.07) is 2.04. The number of piperazine rings is 1. The summed E-state index contributed by atoms with van der Waals surface area (Å²) in [6.45, 7) is 7.19. The molecule has 2 bridgehead atoms. The fourth-order valence-electron chi connectivity index (χ4n) is 3.56. The third-order valence-electron chi connectivity index (χ3n) is 4.51. The van der Waals surface area contributed by atoms with Crippen molar-refractivity contribution in [2.75, 3.05) is 30.8 Å². The number of fused-ring (bicyclic) bond motifs is 2. The molecule has 1 aromatic heterocycles. The van der Waals surface area contributed by atoms with Crippen LogP contribution in [0.15, 0.2) is 12.3 Å². The molecule has 132 valence electrons. The number of amides is 1. The van der Waals surface area contributed by atoms with Crippen molar-refractivity contribution in [3.05, 3.63) is 12.3 Å². The van der Waals surface area contributed by atoms with Crippen LogP contribution >= 0.6 is 0 Å². The molecule has 0 saturated carbocycles. The first-order valence-corrected chi connectivity index (χ1v) is 8.34. The second-order valence-corrected chi connectivity index (χ2v) is 7.46. The maximum absolute atomic E-state index is 12.5. The lowest BCUT2D eigenvalue weighted by atomic mass is 10.1. The van der Waals surface area contributed by atoms with E-state index in [0.29, 0.717) is 11.6 Å². The number of hydrogen-bond acceptors (Lipinski definition) is 6. The van der Waals surface area contributed by atoms with Crippen molar-refractivity contribution < 1.29 is 14.3 Å². The van der Waals surface area contributed by atoms with Crippen LogP contribution in [0, 0.1) is 0 Å². The first kappa shape index (κ1) is 16.7. The third-order valence-corrected chi connectivity index (χ3v) is 4.51. The molecule has 7 heteroatoms. The molecule has 0 radical (unpaired) electrons. The van der Waals surface area contributed by atoms with Gasteiger partial charge in [-0.15, -0.1) is 0 Å². The molecule has 24 heavy (non-hydrogen) atoms. The van der Waals surface area contributed by atoms with E-state index in [1.54, 1.807) is 19.4 Å². The smallest absolute Gasteiger partial charge is 0.410 e. The zero-order valence-electron chi connectivity index (χ0n) is 14.8. The SMILES string of the molecule is COc1cc(N)ncc1N1CC2CCC(C1)N2C(=O)OC(C)(C)C. The molecule has 3 heterocycles. The van der Waals surface area contributed by atoms with Gasteiger partial charge in [-0.25, -0.2) is 9.78 Å². The van der Waals surface area contributed by atoms with Crippen molar-refractivity contribution in [3.8, 4) is 5.75 Å². The number of nitrogen functional groups attached to an aromatic ring is 1. The quantitative estimate of drug-likeness (QED) is 0.893. The molecular weight excluding hydrogens is 308 g/mol. The number of carbonyl (C=O) groups excluding carboxylic acids is 1. The van der Waals surface area contributed by atoms with Crippen molar-refractivity contribution in [2.45, 2.75) is 51.3 Å². The highest BCUT2D eigenvalue weighted by Crippen LogP contribution is 2.37. The van der Waals surface area contributed by atoms with Gasteiger partial charge in [0.1, 0.15) is 17.2 Å². The second-order valence-electron chi connectivity index (χ2n) is 7.46. The summed E-state index contributed by atoms with van der Waals surface area (Å²) in [7, 11) is 1.63. The van der Waals surface area contributed by atoms with E-state index in [0.717, 1.165) is 31.6 Å². The van der Waals surface area contributed by atoms with Crippen LogP contribution in [0.25, 0.3) is 0 Å². The first-order valence-electron chi connectivity index (χ1n) is 8.34. The van der Waals surface area contributed by atoms with Gasteiger partial charge in [-0.2, -0.15) is 0 Å². The van der Waals surface area contributed by atoms with Crippen LogP contribution in [-0.2, 0) is 4.74 Å². The molecule has 2 unspecified atom stereocenters. The van der Waals surface area contributed by atoms with E-state index < -0.39 is 5.60 Å². The number of rotatable bonds is 2. The average Bonchev–Trinajstić information content (AvgIpc) is 2.76. The predicted molar refractivity (Wildman–Crippen MR) is 92.3 cm³/mol. The van der Waals surface area contributed by atoms with E-state index in [9.17, 15) is 4.79 Å². The Hall–Kier alpha value is -2.18. The molecule has 0 spiro atoms. The maximum Gasteiger partial charge on any atom is 0.410 e. The molecule has 2 aliphatic rings. The Kier molecular flexibility index (Phi) is 4.19. The molecular formula is C17H26N4O3. The lowest BCUT2D eigenvalue weighted by Crippen LogP contribution is -2.56. The summed E-state index contributed by atoms with van der Waals surface area (Å²) in [5, 5.41) is 0. The van der Waals surface area contributed by atoms with E-state index in [2.05, 4.69) is 9.88 Å². The molecule has 1 amide bonds. The van der Waals surface area contributed by atoms with Crippen LogP contribution in [0.4, 0.5) is 16.3 Å². The molecule has 2 saturated heterocycles. The van der Waals surface area contributed by atoms with Crippen LogP contribution in [0.5, 0.6) is 5.75 Å². The van der Waals surface area contributed by atoms with E-state index in [1.807, 2.05) is 25.7 Å². The van der Waals surface area contributed by atoms with Crippen LogP contribution in [-0.4, -0.2) is 53.9 Å². The van der Waals surface area contributed by atoms with Gasteiger partial charge in [0, 0.05) is 19.2 Å². The number of pyridine rings is 1. The number of nitrogens with two attached hydrogens (primary N) is 1. The average molecular weight is 334 g/mol. The van der Waals surface area contributed by atoms with Gasteiger partial charge in [0.05, 0.1) is 31.1 Å². The third kappa shape index (κ3) is 3.20. The van der Waals surface area contributed by atoms with Crippen LogP contribution in [0.1, 0.15) is 33.6 Å². The van der Waals surface area contributed by atoms with Crippen molar-refractivity contribution in [3.63, 3.8) is 0 Å². The largest absolute Gasteiger partial charge is 0.494 e. The van der Waals surface area contributed by atoms with Crippen molar-refractivity contribution in [1.82, 2.24) is 9.88 Å². The Morgan fingerprint density at radius 1 is 1.29 bits per heavy atom. The summed E-state index contributed by atoms with van der Waals surface area (Å²) in [4.78, 5) is 20.9. The Balaban J connectivity index is 1.77. The van der Waals surface area contributed by atoms with E-state index >= 15 is 0 Å². The highest BCUT2D eigenvalue weighted by atomic mass is 16.6. The van der Waals surface area contributed by atoms with E-state index in [-0.39, 0.29) is 18.2 Å². The highest BCUT2D eigenvalue weighted by Gasteiger charge is 2.44. The Labute approximate surface area is 142 Å².